The number of carbonyl (C=O) groups excluding carboxylic acids is 2. The second-order valence-corrected chi connectivity index (χ2v) is 3.61. The highest BCUT2D eigenvalue weighted by Crippen LogP contribution is 2.10. The number of piperidine rings is 1. The Morgan fingerprint density at radius 1 is 1.46 bits per heavy atom. The van der Waals surface area contributed by atoms with Crippen LogP contribution < -0.4 is 5.32 Å². The van der Waals surface area contributed by atoms with Gasteiger partial charge in [-0.05, 0) is 26.7 Å². The Bertz CT molecular complexity index is 214. The monoisotopic (exact) mass is 184 g/mol. The average molecular weight is 184 g/mol. The summed E-state index contributed by atoms with van der Waals surface area (Å²) in [5.41, 5.74) is 0. The van der Waals surface area contributed by atoms with Gasteiger partial charge in [-0.25, -0.2) is 4.79 Å². The largest absolute Gasteiger partial charge is 0.335 e. The van der Waals surface area contributed by atoms with E-state index in [2.05, 4.69) is 5.32 Å². The molecule has 1 fully saturated rings. The number of rotatable bonds is 1. The van der Waals surface area contributed by atoms with Crippen molar-refractivity contribution >= 4 is 11.9 Å². The molecule has 13 heavy (non-hydrogen) atoms. The minimum Gasteiger partial charge on any atom is -0.335 e. The second-order valence-electron chi connectivity index (χ2n) is 3.61. The summed E-state index contributed by atoms with van der Waals surface area (Å²) in [6.07, 6.45) is 2.34. The molecule has 0 saturated carbocycles. The summed E-state index contributed by atoms with van der Waals surface area (Å²) in [5.74, 6) is -0.0515. The van der Waals surface area contributed by atoms with Crippen molar-refractivity contribution in [1.82, 2.24) is 10.2 Å². The summed E-state index contributed by atoms with van der Waals surface area (Å²) in [6, 6.07) is -0.165. The molecule has 1 saturated heterocycles. The molecule has 4 nitrogen and oxygen atoms in total. The van der Waals surface area contributed by atoms with Crippen LogP contribution in [-0.2, 0) is 4.79 Å². The Morgan fingerprint density at radius 2 is 2.15 bits per heavy atom. The quantitative estimate of drug-likeness (QED) is 0.663. The number of hydrogen-bond acceptors (Lipinski definition) is 2. The fourth-order valence-electron chi connectivity index (χ4n) is 1.35. The molecule has 0 unspecified atom stereocenters. The molecule has 0 aromatic carbocycles. The highest BCUT2D eigenvalue weighted by molar-refractivity contribution is 5.94. The SMILES string of the molecule is CC(C)NC(=O)N1CCCCC1=O. The zero-order valence-electron chi connectivity index (χ0n) is 8.17. The first-order valence-electron chi connectivity index (χ1n) is 4.72. The molecule has 3 amide bonds. The molecular formula is C9H16N2O2. The van der Waals surface area contributed by atoms with Crippen molar-refractivity contribution in [2.24, 2.45) is 0 Å². The van der Waals surface area contributed by atoms with Gasteiger partial charge in [0.15, 0.2) is 0 Å². The molecule has 0 atom stereocenters. The van der Waals surface area contributed by atoms with Crippen LogP contribution in [-0.4, -0.2) is 29.4 Å². The van der Waals surface area contributed by atoms with Crippen molar-refractivity contribution in [2.75, 3.05) is 6.54 Å². The third-order valence-corrected chi connectivity index (χ3v) is 1.98. The van der Waals surface area contributed by atoms with E-state index in [4.69, 9.17) is 0 Å². The van der Waals surface area contributed by atoms with Crippen LogP contribution in [0.15, 0.2) is 0 Å². The van der Waals surface area contributed by atoms with Crippen molar-refractivity contribution in [2.45, 2.75) is 39.2 Å². The Morgan fingerprint density at radius 3 is 2.69 bits per heavy atom. The van der Waals surface area contributed by atoms with Crippen molar-refractivity contribution in [3.63, 3.8) is 0 Å². The first-order chi connectivity index (χ1) is 6.11. The molecule has 1 N–H and O–H groups in total. The van der Waals surface area contributed by atoms with Crippen LogP contribution in [0.25, 0.3) is 0 Å². The summed E-state index contributed by atoms with van der Waals surface area (Å²) in [6.45, 7) is 4.33. The molecule has 0 aliphatic carbocycles. The van der Waals surface area contributed by atoms with E-state index in [0.29, 0.717) is 13.0 Å². The molecular weight excluding hydrogens is 168 g/mol. The van der Waals surface area contributed by atoms with Gasteiger partial charge in [0.2, 0.25) is 5.91 Å². The molecule has 1 aliphatic heterocycles. The smallest absolute Gasteiger partial charge is 0.324 e. The Labute approximate surface area is 78.3 Å². The number of hydrogen-bond donors (Lipinski definition) is 1. The van der Waals surface area contributed by atoms with E-state index in [1.165, 1.54) is 4.90 Å². The standard InChI is InChI=1S/C9H16N2O2/c1-7(2)10-9(13)11-6-4-3-5-8(11)12/h7H,3-6H2,1-2H3,(H,10,13). The molecule has 1 aliphatic rings. The van der Waals surface area contributed by atoms with Gasteiger partial charge in [0, 0.05) is 19.0 Å². The first kappa shape index (κ1) is 10.0. The maximum Gasteiger partial charge on any atom is 0.324 e. The van der Waals surface area contributed by atoms with Gasteiger partial charge in [0.25, 0.3) is 0 Å². The zero-order chi connectivity index (χ0) is 9.84. The number of amides is 3. The Hall–Kier alpha value is -1.06. The molecule has 0 radical (unpaired) electrons. The van der Waals surface area contributed by atoms with Gasteiger partial charge in [-0.15, -0.1) is 0 Å². The predicted octanol–water partition coefficient (Wildman–Crippen LogP) is 1.12. The molecule has 1 heterocycles. The summed E-state index contributed by atoms with van der Waals surface area (Å²) in [7, 11) is 0. The summed E-state index contributed by atoms with van der Waals surface area (Å²) >= 11 is 0. The summed E-state index contributed by atoms with van der Waals surface area (Å²) < 4.78 is 0. The van der Waals surface area contributed by atoms with Crippen molar-refractivity contribution < 1.29 is 9.59 Å². The van der Waals surface area contributed by atoms with E-state index < -0.39 is 0 Å². The van der Waals surface area contributed by atoms with E-state index in [9.17, 15) is 9.59 Å². The maximum absolute atomic E-state index is 11.4. The number of likely N-dealkylation sites (tertiary alicyclic amines) is 1. The van der Waals surface area contributed by atoms with Crippen molar-refractivity contribution in [3.8, 4) is 0 Å². The number of imide groups is 1. The molecule has 4 heteroatoms. The molecule has 1 rings (SSSR count). The molecule has 0 bridgehead atoms. The van der Waals surface area contributed by atoms with E-state index in [0.717, 1.165) is 12.8 Å². The van der Waals surface area contributed by atoms with Crippen LogP contribution in [0.3, 0.4) is 0 Å². The van der Waals surface area contributed by atoms with Crippen molar-refractivity contribution in [1.29, 1.82) is 0 Å². The van der Waals surface area contributed by atoms with Gasteiger partial charge in [-0.2, -0.15) is 0 Å². The van der Waals surface area contributed by atoms with Crippen molar-refractivity contribution in [3.05, 3.63) is 0 Å². The van der Waals surface area contributed by atoms with Crippen LogP contribution in [0.4, 0.5) is 4.79 Å². The van der Waals surface area contributed by atoms with E-state index in [1.54, 1.807) is 0 Å². The topological polar surface area (TPSA) is 49.4 Å². The summed E-state index contributed by atoms with van der Waals surface area (Å²) in [4.78, 5) is 24.0. The lowest BCUT2D eigenvalue weighted by Gasteiger charge is -2.25. The van der Waals surface area contributed by atoms with Gasteiger partial charge in [0.05, 0.1) is 0 Å². The van der Waals surface area contributed by atoms with Crippen LogP contribution in [0, 0.1) is 0 Å². The van der Waals surface area contributed by atoms with Crippen LogP contribution in [0.2, 0.25) is 0 Å². The van der Waals surface area contributed by atoms with Crippen LogP contribution >= 0.6 is 0 Å². The highest BCUT2D eigenvalue weighted by atomic mass is 16.2. The average Bonchev–Trinajstić information content (AvgIpc) is 2.03. The van der Waals surface area contributed by atoms with E-state index in [-0.39, 0.29) is 18.0 Å². The van der Waals surface area contributed by atoms with Gasteiger partial charge in [-0.1, -0.05) is 0 Å². The van der Waals surface area contributed by atoms with Gasteiger partial charge < -0.3 is 5.32 Å². The lowest BCUT2D eigenvalue weighted by molar-refractivity contribution is -0.130. The predicted molar refractivity (Wildman–Crippen MR) is 49.2 cm³/mol. The zero-order valence-corrected chi connectivity index (χ0v) is 8.17. The fourth-order valence-corrected chi connectivity index (χ4v) is 1.35. The van der Waals surface area contributed by atoms with Gasteiger partial charge in [0.1, 0.15) is 0 Å². The molecule has 0 spiro atoms. The van der Waals surface area contributed by atoms with Gasteiger partial charge in [-0.3, -0.25) is 9.69 Å². The minimum absolute atomic E-state index is 0.0515. The third kappa shape index (κ3) is 2.72. The normalized spacial score (nSPS) is 17.8. The first-order valence-corrected chi connectivity index (χ1v) is 4.72. The molecule has 74 valence electrons. The van der Waals surface area contributed by atoms with E-state index >= 15 is 0 Å². The van der Waals surface area contributed by atoms with Crippen LogP contribution in [0.1, 0.15) is 33.1 Å². The molecule has 0 aromatic heterocycles. The fraction of sp³-hybridized carbons (Fsp3) is 0.778. The molecule has 0 aromatic rings. The van der Waals surface area contributed by atoms with E-state index in [1.807, 2.05) is 13.8 Å². The number of nitrogens with one attached hydrogen (secondary N) is 1. The lowest BCUT2D eigenvalue weighted by Crippen LogP contribution is -2.48. The van der Waals surface area contributed by atoms with Crippen LogP contribution in [0.5, 0.6) is 0 Å². The minimum atomic E-state index is -0.250. The number of carbonyl (C=O) groups is 2. The van der Waals surface area contributed by atoms with Gasteiger partial charge >= 0.3 is 6.03 Å². The number of nitrogens with zero attached hydrogens (tertiary/aromatic N) is 1. The summed E-state index contributed by atoms with van der Waals surface area (Å²) in [5, 5.41) is 2.71. The number of urea groups is 1. The maximum atomic E-state index is 11.4. The Kier molecular flexibility index (Phi) is 3.28. The third-order valence-electron chi connectivity index (χ3n) is 1.98. The second kappa shape index (κ2) is 4.25. The Balaban J connectivity index is 2.49. The lowest BCUT2D eigenvalue weighted by atomic mass is 10.1. The highest BCUT2D eigenvalue weighted by Gasteiger charge is 2.24.